The van der Waals surface area contributed by atoms with Crippen LogP contribution in [0.1, 0.15) is 0 Å². The number of ether oxygens (including phenoxy) is 1. The molecule has 0 aliphatic rings. The summed E-state index contributed by atoms with van der Waals surface area (Å²) < 4.78 is 7.12. The Morgan fingerprint density at radius 2 is 1.76 bits per heavy atom. The lowest BCUT2D eigenvalue weighted by Crippen LogP contribution is -1.87. The molecule has 1 aromatic heterocycles. The van der Waals surface area contributed by atoms with Gasteiger partial charge in [0.1, 0.15) is 11.5 Å². The van der Waals surface area contributed by atoms with Gasteiger partial charge in [0.05, 0.1) is 14.5 Å². The molecule has 0 spiro atoms. The summed E-state index contributed by atoms with van der Waals surface area (Å²) in [5.41, 5.74) is 0. The van der Waals surface area contributed by atoms with Gasteiger partial charge in [-0.25, -0.2) is 0 Å². The van der Waals surface area contributed by atoms with E-state index < -0.39 is 0 Å². The van der Waals surface area contributed by atoms with Gasteiger partial charge in [0.2, 0.25) is 0 Å². The van der Waals surface area contributed by atoms with E-state index >= 15 is 0 Å². The SMILES string of the molecule is Clc1cc(Oc2ccncc2Br)c(Cl)cc1Br. The fourth-order valence-corrected chi connectivity index (χ4v) is 2.31. The fourth-order valence-electron chi connectivity index (χ4n) is 1.15. The van der Waals surface area contributed by atoms with Gasteiger partial charge in [-0.05, 0) is 37.9 Å². The third-order valence-electron chi connectivity index (χ3n) is 1.93. The zero-order valence-corrected chi connectivity index (χ0v) is 12.9. The van der Waals surface area contributed by atoms with Gasteiger partial charge in [0.15, 0.2) is 0 Å². The van der Waals surface area contributed by atoms with Crippen LogP contribution in [-0.4, -0.2) is 4.98 Å². The van der Waals surface area contributed by atoms with Crippen LogP contribution in [0.2, 0.25) is 10.0 Å². The molecular weight excluding hydrogens is 393 g/mol. The van der Waals surface area contributed by atoms with Gasteiger partial charge < -0.3 is 4.74 Å². The number of benzene rings is 1. The van der Waals surface area contributed by atoms with E-state index in [9.17, 15) is 0 Å². The Kier molecular flexibility index (Phi) is 4.31. The Morgan fingerprint density at radius 1 is 1.00 bits per heavy atom. The number of rotatable bonds is 2. The highest BCUT2D eigenvalue weighted by atomic mass is 79.9. The van der Waals surface area contributed by atoms with Gasteiger partial charge in [-0.1, -0.05) is 23.2 Å². The number of halogens is 4. The highest BCUT2D eigenvalue weighted by Crippen LogP contribution is 2.38. The van der Waals surface area contributed by atoms with E-state index in [4.69, 9.17) is 27.9 Å². The van der Waals surface area contributed by atoms with Crippen molar-refractivity contribution in [1.82, 2.24) is 4.98 Å². The zero-order chi connectivity index (χ0) is 12.4. The molecular formula is C11H5Br2Cl2NO. The van der Waals surface area contributed by atoms with Crippen molar-refractivity contribution in [3.05, 3.63) is 49.6 Å². The van der Waals surface area contributed by atoms with E-state index in [0.29, 0.717) is 21.5 Å². The maximum absolute atomic E-state index is 6.06. The fraction of sp³-hybridized carbons (Fsp3) is 0. The van der Waals surface area contributed by atoms with Gasteiger partial charge >= 0.3 is 0 Å². The van der Waals surface area contributed by atoms with Gasteiger partial charge in [-0.15, -0.1) is 0 Å². The molecule has 2 nitrogen and oxygen atoms in total. The van der Waals surface area contributed by atoms with Crippen molar-refractivity contribution < 1.29 is 4.74 Å². The molecule has 0 N–H and O–H groups in total. The third kappa shape index (κ3) is 3.13. The van der Waals surface area contributed by atoms with Crippen LogP contribution < -0.4 is 4.74 Å². The molecule has 6 heteroatoms. The minimum atomic E-state index is 0.477. The molecule has 1 heterocycles. The topological polar surface area (TPSA) is 22.1 Å². The Hall–Kier alpha value is -0.290. The molecule has 0 aliphatic carbocycles. The minimum absolute atomic E-state index is 0.477. The Bertz CT molecular complexity index is 563. The summed E-state index contributed by atoms with van der Waals surface area (Å²) in [5.74, 6) is 1.12. The van der Waals surface area contributed by atoms with Crippen LogP contribution in [0.5, 0.6) is 11.5 Å². The molecule has 2 aromatic rings. The molecule has 0 unspecified atom stereocenters. The van der Waals surface area contributed by atoms with Crippen molar-refractivity contribution in [2.75, 3.05) is 0 Å². The largest absolute Gasteiger partial charge is 0.454 e. The summed E-state index contributed by atoms with van der Waals surface area (Å²) in [6.07, 6.45) is 3.28. The maximum atomic E-state index is 6.06. The lowest BCUT2D eigenvalue weighted by Gasteiger charge is -2.09. The van der Waals surface area contributed by atoms with Crippen LogP contribution in [0, 0.1) is 0 Å². The molecule has 0 radical (unpaired) electrons. The molecule has 2 rings (SSSR count). The molecule has 0 saturated carbocycles. The average molecular weight is 398 g/mol. The van der Waals surface area contributed by atoms with Crippen LogP contribution in [0.4, 0.5) is 0 Å². The van der Waals surface area contributed by atoms with Gasteiger partial charge in [0, 0.05) is 29.0 Å². The predicted molar refractivity (Wildman–Crippen MR) is 76.2 cm³/mol. The van der Waals surface area contributed by atoms with E-state index in [1.165, 1.54) is 0 Å². The first-order chi connectivity index (χ1) is 8.08. The zero-order valence-electron chi connectivity index (χ0n) is 8.25. The normalized spacial score (nSPS) is 10.4. The first kappa shape index (κ1) is 13.1. The summed E-state index contributed by atoms with van der Waals surface area (Å²) in [7, 11) is 0. The quantitative estimate of drug-likeness (QED) is 0.606. The van der Waals surface area contributed by atoms with E-state index in [1.54, 1.807) is 30.6 Å². The summed E-state index contributed by atoms with van der Waals surface area (Å²) >= 11 is 18.7. The maximum Gasteiger partial charge on any atom is 0.147 e. The van der Waals surface area contributed by atoms with Gasteiger partial charge in [0.25, 0.3) is 0 Å². The Labute approximate surface area is 125 Å². The molecule has 88 valence electrons. The smallest absolute Gasteiger partial charge is 0.147 e. The van der Waals surface area contributed by atoms with Crippen molar-refractivity contribution in [3.63, 3.8) is 0 Å². The van der Waals surface area contributed by atoms with Crippen molar-refractivity contribution in [2.24, 2.45) is 0 Å². The lowest BCUT2D eigenvalue weighted by atomic mass is 10.3. The number of aromatic nitrogens is 1. The molecule has 0 aliphatic heterocycles. The molecule has 17 heavy (non-hydrogen) atoms. The van der Waals surface area contributed by atoms with E-state index in [-0.39, 0.29) is 0 Å². The first-order valence-electron chi connectivity index (χ1n) is 4.50. The first-order valence-corrected chi connectivity index (χ1v) is 6.84. The second-order valence-corrected chi connectivity index (χ2v) is 5.63. The molecule has 0 amide bonds. The average Bonchev–Trinajstić information content (AvgIpc) is 2.29. The lowest BCUT2D eigenvalue weighted by molar-refractivity contribution is 0.479. The van der Waals surface area contributed by atoms with Crippen LogP contribution in [0.15, 0.2) is 39.5 Å². The highest BCUT2D eigenvalue weighted by molar-refractivity contribution is 9.10. The predicted octanol–water partition coefficient (Wildman–Crippen LogP) is 5.71. The molecule has 0 saturated heterocycles. The van der Waals surface area contributed by atoms with Crippen molar-refractivity contribution >= 4 is 55.1 Å². The molecule has 1 aromatic carbocycles. The van der Waals surface area contributed by atoms with Crippen LogP contribution in [0.3, 0.4) is 0 Å². The Balaban J connectivity index is 2.37. The standard InChI is InChI=1S/C11H5Br2Cl2NO/c12-6-3-9(15)11(4-8(6)14)17-10-1-2-16-5-7(10)13/h1-5H. The highest BCUT2D eigenvalue weighted by Gasteiger charge is 2.09. The minimum Gasteiger partial charge on any atom is -0.454 e. The summed E-state index contributed by atoms with van der Waals surface area (Å²) in [4.78, 5) is 3.95. The molecule has 0 bridgehead atoms. The second kappa shape index (κ2) is 5.57. The van der Waals surface area contributed by atoms with Crippen molar-refractivity contribution in [2.45, 2.75) is 0 Å². The summed E-state index contributed by atoms with van der Waals surface area (Å²) in [6, 6.07) is 5.07. The number of pyridine rings is 1. The van der Waals surface area contributed by atoms with Crippen molar-refractivity contribution in [1.29, 1.82) is 0 Å². The summed E-state index contributed by atoms with van der Waals surface area (Å²) in [6.45, 7) is 0. The third-order valence-corrected chi connectivity index (χ3v) is 4.02. The van der Waals surface area contributed by atoms with Crippen LogP contribution in [-0.2, 0) is 0 Å². The van der Waals surface area contributed by atoms with E-state index in [0.717, 1.165) is 8.95 Å². The van der Waals surface area contributed by atoms with Gasteiger partial charge in [-0.3, -0.25) is 4.98 Å². The van der Waals surface area contributed by atoms with Crippen LogP contribution >= 0.6 is 55.1 Å². The molecule has 0 fully saturated rings. The van der Waals surface area contributed by atoms with Crippen LogP contribution in [0.25, 0.3) is 0 Å². The number of nitrogens with zero attached hydrogens (tertiary/aromatic N) is 1. The Morgan fingerprint density at radius 3 is 2.47 bits per heavy atom. The summed E-state index contributed by atoms with van der Waals surface area (Å²) in [5, 5.41) is 1.01. The molecule has 0 atom stereocenters. The second-order valence-electron chi connectivity index (χ2n) is 3.10. The number of hydrogen-bond donors (Lipinski definition) is 0. The van der Waals surface area contributed by atoms with Crippen molar-refractivity contribution in [3.8, 4) is 11.5 Å². The van der Waals surface area contributed by atoms with Gasteiger partial charge in [-0.2, -0.15) is 0 Å². The van der Waals surface area contributed by atoms with E-state index in [2.05, 4.69) is 36.8 Å². The number of hydrogen-bond acceptors (Lipinski definition) is 2. The monoisotopic (exact) mass is 395 g/mol. The van der Waals surface area contributed by atoms with E-state index in [1.807, 2.05) is 0 Å².